The summed E-state index contributed by atoms with van der Waals surface area (Å²) in [7, 11) is 0. The van der Waals surface area contributed by atoms with Crippen molar-refractivity contribution in [2.24, 2.45) is 0 Å². The number of benzene rings is 1. The Balaban J connectivity index is 3.16. The van der Waals surface area contributed by atoms with Crippen molar-refractivity contribution in [2.45, 2.75) is 13.0 Å². The molecule has 0 aromatic heterocycles. The second-order valence-corrected chi connectivity index (χ2v) is 3.37. The summed E-state index contributed by atoms with van der Waals surface area (Å²) in [6.07, 6.45) is -0.795. The summed E-state index contributed by atoms with van der Waals surface area (Å²) in [5, 5.41) is 28.6. The minimum atomic E-state index is -1.45. The third kappa shape index (κ3) is 3.15. The van der Waals surface area contributed by atoms with E-state index in [1.165, 1.54) is 19.1 Å². The van der Waals surface area contributed by atoms with Gasteiger partial charge in [0.1, 0.15) is 12.4 Å². The van der Waals surface area contributed by atoms with Crippen LogP contribution in [0.4, 0.5) is 5.69 Å². The molecular formula is C10H11NO6. The van der Waals surface area contributed by atoms with Gasteiger partial charge in [0.2, 0.25) is 0 Å². The van der Waals surface area contributed by atoms with E-state index in [-0.39, 0.29) is 12.4 Å². The van der Waals surface area contributed by atoms with Gasteiger partial charge in [-0.05, 0) is 13.0 Å². The Morgan fingerprint density at radius 1 is 1.59 bits per heavy atom. The summed E-state index contributed by atoms with van der Waals surface area (Å²) in [5.41, 5.74) is -1.06. The van der Waals surface area contributed by atoms with Crippen molar-refractivity contribution in [3.63, 3.8) is 0 Å². The van der Waals surface area contributed by atoms with Crippen LogP contribution >= 0.6 is 0 Å². The molecule has 0 heterocycles. The first-order valence-electron chi connectivity index (χ1n) is 4.75. The third-order valence-corrected chi connectivity index (χ3v) is 1.89. The number of carboxylic acid groups (broad SMARTS) is 1. The molecule has 0 aliphatic carbocycles. The highest BCUT2D eigenvalue weighted by molar-refractivity contribution is 5.95. The van der Waals surface area contributed by atoms with Crippen LogP contribution in [0.2, 0.25) is 0 Å². The van der Waals surface area contributed by atoms with Gasteiger partial charge in [-0.25, -0.2) is 4.79 Å². The van der Waals surface area contributed by atoms with E-state index < -0.39 is 28.2 Å². The fourth-order valence-electron chi connectivity index (χ4n) is 1.22. The van der Waals surface area contributed by atoms with Crippen LogP contribution in [-0.4, -0.2) is 33.8 Å². The molecule has 17 heavy (non-hydrogen) atoms. The number of aromatic carboxylic acids is 1. The molecule has 1 aromatic carbocycles. The molecule has 1 aromatic rings. The number of aliphatic hydroxyl groups excluding tert-OH is 1. The normalized spacial score (nSPS) is 11.9. The number of carboxylic acids is 1. The number of hydrogen-bond acceptors (Lipinski definition) is 5. The van der Waals surface area contributed by atoms with Gasteiger partial charge in [-0.3, -0.25) is 10.1 Å². The summed E-state index contributed by atoms with van der Waals surface area (Å²) in [6.45, 7) is 1.32. The quantitative estimate of drug-likeness (QED) is 0.589. The molecule has 0 aliphatic heterocycles. The summed E-state index contributed by atoms with van der Waals surface area (Å²) >= 11 is 0. The van der Waals surface area contributed by atoms with E-state index in [1.54, 1.807) is 0 Å². The summed E-state index contributed by atoms with van der Waals surface area (Å²) in [4.78, 5) is 20.8. The van der Waals surface area contributed by atoms with Gasteiger partial charge in [-0.15, -0.1) is 0 Å². The average Bonchev–Trinajstić information content (AvgIpc) is 2.25. The molecule has 0 amide bonds. The second kappa shape index (κ2) is 5.26. The summed E-state index contributed by atoms with van der Waals surface area (Å²) in [5.74, 6) is -1.58. The predicted molar refractivity (Wildman–Crippen MR) is 57.2 cm³/mol. The summed E-state index contributed by atoms with van der Waals surface area (Å²) in [6, 6.07) is 3.71. The average molecular weight is 241 g/mol. The Morgan fingerprint density at radius 3 is 2.71 bits per heavy atom. The number of nitrogens with zero attached hydrogens (tertiary/aromatic N) is 1. The first-order chi connectivity index (χ1) is 7.93. The topological polar surface area (TPSA) is 110 Å². The van der Waals surface area contributed by atoms with E-state index >= 15 is 0 Å². The highest BCUT2D eigenvalue weighted by Gasteiger charge is 2.24. The number of rotatable bonds is 5. The van der Waals surface area contributed by atoms with Crippen molar-refractivity contribution >= 4 is 11.7 Å². The number of aliphatic hydroxyl groups is 1. The Kier molecular flexibility index (Phi) is 4.00. The molecule has 1 unspecified atom stereocenters. The fourth-order valence-corrected chi connectivity index (χ4v) is 1.22. The molecule has 0 bridgehead atoms. The molecule has 0 saturated carbocycles. The summed E-state index contributed by atoms with van der Waals surface area (Å²) < 4.78 is 5.02. The Hall–Kier alpha value is -2.15. The highest BCUT2D eigenvalue weighted by atomic mass is 16.6. The molecular weight excluding hydrogens is 230 g/mol. The molecule has 0 aliphatic rings. The smallest absolute Gasteiger partial charge is 0.346 e. The molecule has 1 atom stereocenters. The lowest BCUT2D eigenvalue weighted by Gasteiger charge is -2.10. The maximum atomic E-state index is 10.9. The number of nitro groups is 1. The Morgan fingerprint density at radius 2 is 2.24 bits per heavy atom. The molecule has 7 nitrogen and oxygen atoms in total. The number of nitro benzene ring substituents is 1. The van der Waals surface area contributed by atoms with Gasteiger partial charge >= 0.3 is 5.97 Å². The molecule has 7 heteroatoms. The monoisotopic (exact) mass is 241 g/mol. The fraction of sp³-hybridized carbons (Fsp3) is 0.300. The van der Waals surface area contributed by atoms with Gasteiger partial charge in [0, 0.05) is 6.07 Å². The van der Waals surface area contributed by atoms with Crippen molar-refractivity contribution in [1.82, 2.24) is 0 Å². The standard InChI is InChI=1S/C10H11NO6/c1-6(12)5-17-8-4-2-3-7(11(15)16)9(8)10(13)14/h2-4,6,12H,5H2,1H3,(H,13,14). The van der Waals surface area contributed by atoms with E-state index in [0.29, 0.717) is 0 Å². The minimum Gasteiger partial charge on any atom is -0.490 e. The Labute approximate surface area is 96.4 Å². The lowest BCUT2D eigenvalue weighted by molar-refractivity contribution is -0.385. The maximum absolute atomic E-state index is 10.9. The van der Waals surface area contributed by atoms with E-state index in [4.69, 9.17) is 14.9 Å². The lowest BCUT2D eigenvalue weighted by Crippen LogP contribution is -2.15. The maximum Gasteiger partial charge on any atom is 0.346 e. The molecule has 0 radical (unpaired) electrons. The van der Waals surface area contributed by atoms with Crippen LogP contribution in [0.1, 0.15) is 17.3 Å². The van der Waals surface area contributed by atoms with E-state index in [1.807, 2.05) is 0 Å². The van der Waals surface area contributed by atoms with Gasteiger partial charge in [0.05, 0.1) is 11.0 Å². The highest BCUT2D eigenvalue weighted by Crippen LogP contribution is 2.28. The van der Waals surface area contributed by atoms with Crippen LogP contribution in [0.5, 0.6) is 5.75 Å². The van der Waals surface area contributed by atoms with Crippen LogP contribution in [0.25, 0.3) is 0 Å². The van der Waals surface area contributed by atoms with Crippen LogP contribution in [0.15, 0.2) is 18.2 Å². The van der Waals surface area contributed by atoms with Crippen molar-refractivity contribution < 1.29 is 24.7 Å². The van der Waals surface area contributed by atoms with Gasteiger partial charge in [-0.1, -0.05) is 6.07 Å². The van der Waals surface area contributed by atoms with Crippen molar-refractivity contribution in [2.75, 3.05) is 6.61 Å². The number of hydrogen-bond donors (Lipinski definition) is 2. The largest absolute Gasteiger partial charge is 0.490 e. The molecule has 92 valence electrons. The van der Waals surface area contributed by atoms with Crippen LogP contribution < -0.4 is 4.74 Å². The third-order valence-electron chi connectivity index (χ3n) is 1.89. The molecule has 0 saturated heterocycles. The Bertz CT molecular complexity index is 442. The van der Waals surface area contributed by atoms with E-state index in [9.17, 15) is 14.9 Å². The first kappa shape index (κ1) is 12.9. The predicted octanol–water partition coefficient (Wildman–Crippen LogP) is 1.05. The van der Waals surface area contributed by atoms with Crippen molar-refractivity contribution in [3.8, 4) is 5.75 Å². The van der Waals surface area contributed by atoms with Crippen LogP contribution in [0, 0.1) is 10.1 Å². The van der Waals surface area contributed by atoms with Crippen LogP contribution in [0.3, 0.4) is 0 Å². The van der Waals surface area contributed by atoms with E-state index in [0.717, 1.165) is 6.07 Å². The molecule has 2 N–H and O–H groups in total. The zero-order chi connectivity index (χ0) is 13.0. The van der Waals surface area contributed by atoms with Gasteiger partial charge < -0.3 is 14.9 Å². The van der Waals surface area contributed by atoms with Crippen LogP contribution in [-0.2, 0) is 0 Å². The molecule has 1 rings (SSSR count). The minimum absolute atomic E-state index is 0.132. The van der Waals surface area contributed by atoms with Gasteiger partial charge in [-0.2, -0.15) is 0 Å². The van der Waals surface area contributed by atoms with E-state index in [2.05, 4.69) is 0 Å². The SMILES string of the molecule is CC(O)COc1cccc([N+](=O)[O-])c1C(=O)O. The van der Waals surface area contributed by atoms with Crippen molar-refractivity contribution in [3.05, 3.63) is 33.9 Å². The van der Waals surface area contributed by atoms with Gasteiger partial charge in [0.25, 0.3) is 5.69 Å². The zero-order valence-corrected chi connectivity index (χ0v) is 8.99. The lowest BCUT2D eigenvalue weighted by atomic mass is 10.1. The first-order valence-corrected chi connectivity index (χ1v) is 4.75. The second-order valence-electron chi connectivity index (χ2n) is 3.37. The number of ether oxygens (including phenoxy) is 1. The van der Waals surface area contributed by atoms with Gasteiger partial charge in [0.15, 0.2) is 5.56 Å². The number of carbonyl (C=O) groups is 1. The zero-order valence-electron chi connectivity index (χ0n) is 8.99. The molecule has 0 fully saturated rings. The molecule has 0 spiro atoms. The van der Waals surface area contributed by atoms with Crippen molar-refractivity contribution in [1.29, 1.82) is 0 Å².